The van der Waals surface area contributed by atoms with Crippen molar-refractivity contribution >= 4 is 57.3 Å². The largest absolute Gasteiger partial charge is 0.416 e. The number of hydrogen-bond acceptors (Lipinski definition) is 3. The molecule has 134 valence electrons. The van der Waals surface area contributed by atoms with Gasteiger partial charge in [0, 0.05) is 15.2 Å². The van der Waals surface area contributed by atoms with Gasteiger partial charge in [-0.15, -0.1) is 0 Å². The smallest absolute Gasteiger partial charge is 0.339 e. The van der Waals surface area contributed by atoms with E-state index in [9.17, 15) is 13.2 Å². The van der Waals surface area contributed by atoms with Crippen molar-refractivity contribution in [3.05, 3.63) is 67.8 Å². The summed E-state index contributed by atoms with van der Waals surface area (Å²) in [5, 5.41) is 3.58. The van der Waals surface area contributed by atoms with Crippen molar-refractivity contribution in [1.29, 1.82) is 0 Å². The molecule has 1 aromatic heterocycles. The van der Waals surface area contributed by atoms with Crippen molar-refractivity contribution < 1.29 is 13.2 Å². The Hall–Kier alpha value is -1.58. The Bertz CT molecular complexity index is 964. The molecule has 0 unspecified atom stereocenters. The predicted octanol–water partition coefficient (Wildman–Crippen LogP) is 6.82. The van der Waals surface area contributed by atoms with Gasteiger partial charge in [0.15, 0.2) is 5.82 Å². The number of aromatic nitrogens is 2. The molecule has 1 N–H and O–H groups in total. The molecule has 0 radical (unpaired) electrons. The molecule has 0 aliphatic rings. The zero-order valence-corrected chi connectivity index (χ0v) is 16.5. The van der Waals surface area contributed by atoms with E-state index in [-0.39, 0.29) is 16.5 Å². The average molecular weight is 510 g/mol. The Labute approximate surface area is 170 Å². The van der Waals surface area contributed by atoms with Gasteiger partial charge in [-0.05, 0) is 52.9 Å². The molecule has 26 heavy (non-hydrogen) atoms. The average Bonchev–Trinajstić information content (AvgIpc) is 2.56. The van der Waals surface area contributed by atoms with E-state index >= 15 is 0 Å². The Morgan fingerprint density at radius 2 is 1.73 bits per heavy atom. The van der Waals surface area contributed by atoms with E-state index in [0.29, 0.717) is 16.5 Å². The van der Waals surface area contributed by atoms with Crippen LogP contribution >= 0.6 is 45.8 Å². The molecule has 1 heterocycles. The van der Waals surface area contributed by atoms with Crippen molar-refractivity contribution in [2.24, 2.45) is 0 Å². The van der Waals surface area contributed by atoms with E-state index in [1.54, 1.807) is 12.1 Å². The third kappa shape index (κ3) is 4.57. The molecule has 0 saturated carbocycles. The first-order valence-corrected chi connectivity index (χ1v) is 9.00. The molecule has 0 aliphatic carbocycles. The van der Waals surface area contributed by atoms with Crippen LogP contribution in [0.25, 0.3) is 11.4 Å². The van der Waals surface area contributed by atoms with Crippen LogP contribution < -0.4 is 5.32 Å². The second kappa shape index (κ2) is 7.58. The van der Waals surface area contributed by atoms with Crippen molar-refractivity contribution in [1.82, 2.24) is 9.97 Å². The lowest BCUT2D eigenvalue weighted by molar-refractivity contribution is -0.137. The highest BCUT2D eigenvalue weighted by Crippen LogP contribution is 2.32. The van der Waals surface area contributed by atoms with Gasteiger partial charge in [-0.2, -0.15) is 13.2 Å². The number of hydrogen-bond donors (Lipinski definition) is 1. The first kappa shape index (κ1) is 19.2. The van der Waals surface area contributed by atoms with Crippen molar-refractivity contribution in [3.8, 4) is 11.4 Å². The highest BCUT2D eigenvalue weighted by molar-refractivity contribution is 14.1. The third-order valence-electron chi connectivity index (χ3n) is 3.34. The van der Waals surface area contributed by atoms with Gasteiger partial charge in [-0.1, -0.05) is 35.3 Å². The first-order valence-electron chi connectivity index (χ1n) is 7.17. The maximum atomic E-state index is 12.9. The van der Waals surface area contributed by atoms with Crippen LogP contribution in [0.4, 0.5) is 24.7 Å². The Balaban J connectivity index is 1.98. The number of benzene rings is 2. The minimum Gasteiger partial charge on any atom is -0.339 e. The Kier molecular flexibility index (Phi) is 5.59. The fraction of sp³-hybridized carbons (Fsp3) is 0.0588. The fourth-order valence-corrected chi connectivity index (χ4v) is 3.26. The monoisotopic (exact) mass is 509 g/mol. The van der Waals surface area contributed by atoms with Crippen LogP contribution in [0.2, 0.25) is 10.2 Å². The number of anilines is 2. The van der Waals surface area contributed by atoms with E-state index in [4.69, 9.17) is 23.2 Å². The summed E-state index contributed by atoms with van der Waals surface area (Å²) >= 11 is 14.3. The molecule has 0 fully saturated rings. The number of nitrogens with one attached hydrogen (secondary N) is 1. The quantitative estimate of drug-likeness (QED) is 0.311. The van der Waals surface area contributed by atoms with Crippen LogP contribution in [0.1, 0.15) is 5.56 Å². The van der Waals surface area contributed by atoms with Gasteiger partial charge in [0.25, 0.3) is 0 Å². The van der Waals surface area contributed by atoms with Gasteiger partial charge >= 0.3 is 6.18 Å². The Morgan fingerprint density at radius 3 is 2.42 bits per heavy atom. The molecule has 0 aliphatic heterocycles. The maximum absolute atomic E-state index is 12.9. The van der Waals surface area contributed by atoms with E-state index in [1.807, 2.05) is 6.07 Å². The summed E-state index contributed by atoms with van der Waals surface area (Å²) in [6.45, 7) is 0. The molecule has 3 nitrogen and oxygen atoms in total. The van der Waals surface area contributed by atoms with E-state index in [1.165, 1.54) is 18.2 Å². The summed E-state index contributed by atoms with van der Waals surface area (Å²) in [6, 6.07) is 11.6. The van der Waals surface area contributed by atoms with Crippen molar-refractivity contribution in [2.75, 3.05) is 5.32 Å². The van der Waals surface area contributed by atoms with E-state index < -0.39 is 11.7 Å². The molecule has 3 aromatic rings. The summed E-state index contributed by atoms with van der Waals surface area (Å²) in [7, 11) is 0. The summed E-state index contributed by atoms with van der Waals surface area (Å²) < 4.78 is 39.7. The number of alkyl halides is 3. The van der Waals surface area contributed by atoms with Gasteiger partial charge in [0.1, 0.15) is 11.0 Å². The summed E-state index contributed by atoms with van der Waals surface area (Å²) in [5.41, 5.74) is 0.0182. The number of halogens is 6. The minimum absolute atomic E-state index is 0.0766. The third-order valence-corrected chi connectivity index (χ3v) is 4.51. The van der Waals surface area contributed by atoms with Crippen LogP contribution in [-0.4, -0.2) is 9.97 Å². The molecule has 2 aromatic carbocycles. The molecule has 0 bridgehead atoms. The lowest BCUT2D eigenvalue weighted by atomic mass is 10.1. The molecule has 0 amide bonds. The van der Waals surface area contributed by atoms with Crippen LogP contribution in [-0.2, 0) is 6.18 Å². The zero-order chi connectivity index (χ0) is 18.9. The SMILES string of the molecule is FC(F)(F)c1cccc(-c2nc(Cl)cc(Nc3ccc(I)cc3Cl)n2)c1. The number of rotatable bonds is 3. The second-order valence-electron chi connectivity index (χ2n) is 5.23. The first-order chi connectivity index (χ1) is 12.2. The molecule has 9 heteroatoms. The van der Waals surface area contributed by atoms with Crippen molar-refractivity contribution in [3.63, 3.8) is 0 Å². The standard InChI is InChI=1S/C17H9Cl2F3IN3/c18-12-7-11(23)4-5-13(12)24-15-8-14(19)25-16(26-15)9-2-1-3-10(6-9)17(20,21)22/h1-8H,(H,24,25,26). The summed E-state index contributed by atoms with van der Waals surface area (Å²) in [4.78, 5) is 8.27. The van der Waals surface area contributed by atoms with Gasteiger partial charge in [0.2, 0.25) is 0 Å². The highest BCUT2D eigenvalue weighted by atomic mass is 127. The van der Waals surface area contributed by atoms with Crippen LogP contribution in [0, 0.1) is 3.57 Å². The molecule has 0 saturated heterocycles. The van der Waals surface area contributed by atoms with Gasteiger partial charge in [0.05, 0.1) is 16.3 Å². The maximum Gasteiger partial charge on any atom is 0.416 e. The highest BCUT2D eigenvalue weighted by Gasteiger charge is 2.30. The van der Waals surface area contributed by atoms with Crippen molar-refractivity contribution in [2.45, 2.75) is 6.18 Å². The van der Waals surface area contributed by atoms with Gasteiger partial charge in [-0.3, -0.25) is 0 Å². The van der Waals surface area contributed by atoms with Gasteiger partial charge in [-0.25, -0.2) is 9.97 Å². The number of nitrogens with zero attached hydrogens (tertiary/aromatic N) is 2. The second-order valence-corrected chi connectivity index (χ2v) is 7.27. The van der Waals surface area contributed by atoms with E-state index in [2.05, 4.69) is 37.9 Å². The molecular formula is C17H9Cl2F3IN3. The topological polar surface area (TPSA) is 37.8 Å². The molecule has 3 rings (SSSR count). The predicted molar refractivity (Wildman–Crippen MR) is 105 cm³/mol. The summed E-state index contributed by atoms with van der Waals surface area (Å²) in [6.07, 6.45) is -4.45. The Morgan fingerprint density at radius 1 is 0.962 bits per heavy atom. The van der Waals surface area contributed by atoms with Crippen LogP contribution in [0.3, 0.4) is 0 Å². The van der Waals surface area contributed by atoms with Crippen LogP contribution in [0.15, 0.2) is 48.5 Å². The zero-order valence-electron chi connectivity index (χ0n) is 12.8. The lowest BCUT2D eigenvalue weighted by Crippen LogP contribution is -2.05. The lowest BCUT2D eigenvalue weighted by Gasteiger charge is -2.11. The normalized spacial score (nSPS) is 11.5. The molecule has 0 spiro atoms. The fourth-order valence-electron chi connectivity index (χ4n) is 2.17. The van der Waals surface area contributed by atoms with Crippen LogP contribution in [0.5, 0.6) is 0 Å². The molecular weight excluding hydrogens is 501 g/mol. The molecule has 0 atom stereocenters. The van der Waals surface area contributed by atoms with E-state index in [0.717, 1.165) is 15.7 Å². The minimum atomic E-state index is -4.45. The summed E-state index contributed by atoms with van der Waals surface area (Å²) in [5.74, 6) is 0.397. The van der Waals surface area contributed by atoms with Gasteiger partial charge < -0.3 is 5.32 Å².